The zero-order valence-corrected chi connectivity index (χ0v) is 9.41. The van der Waals surface area contributed by atoms with Crippen LogP contribution in [-0.2, 0) is 0 Å². The molecule has 2 nitrogen and oxygen atoms in total. The summed E-state index contributed by atoms with van der Waals surface area (Å²) >= 11 is 3.65. The molecular weight excluding hydrogens is 216 g/mol. The van der Waals surface area contributed by atoms with Crippen LogP contribution in [0.4, 0.5) is 0 Å². The van der Waals surface area contributed by atoms with Crippen molar-refractivity contribution in [2.75, 3.05) is 12.2 Å². The van der Waals surface area contributed by atoms with Gasteiger partial charge >= 0.3 is 0 Å². The van der Waals surface area contributed by atoms with Gasteiger partial charge in [-0.3, -0.25) is 0 Å². The molecule has 1 aromatic rings. The highest BCUT2D eigenvalue weighted by molar-refractivity contribution is 8.18. The van der Waals surface area contributed by atoms with Gasteiger partial charge in [0, 0.05) is 14.9 Å². The monoisotopic (exact) mass is 226 g/mol. The zero-order valence-electron chi connectivity index (χ0n) is 7.78. The second kappa shape index (κ2) is 4.19. The van der Waals surface area contributed by atoms with Crippen LogP contribution in [0.2, 0.25) is 0 Å². The maximum absolute atomic E-state index is 5.27. The molecule has 14 heavy (non-hydrogen) atoms. The maximum atomic E-state index is 5.27. The summed E-state index contributed by atoms with van der Waals surface area (Å²) in [5.41, 5.74) is 0. The van der Waals surface area contributed by atoms with Crippen LogP contribution in [0.1, 0.15) is 0 Å². The number of fused-ring (bicyclic) bond motifs is 1. The Hall–Kier alpha value is -0.740. The number of benzene rings is 1. The SMILES string of the molecule is C=COc1cc2c(cc1OC)SCS2. The first-order valence-corrected chi connectivity index (χ1v) is 6.07. The Kier molecular flexibility index (Phi) is 2.93. The molecule has 1 heterocycles. The summed E-state index contributed by atoms with van der Waals surface area (Å²) in [5, 5.41) is 1.07. The summed E-state index contributed by atoms with van der Waals surface area (Å²) in [5.74, 6) is 1.50. The van der Waals surface area contributed by atoms with E-state index in [0.717, 1.165) is 16.6 Å². The van der Waals surface area contributed by atoms with E-state index >= 15 is 0 Å². The van der Waals surface area contributed by atoms with Crippen molar-refractivity contribution in [2.45, 2.75) is 9.79 Å². The molecule has 0 atom stereocenters. The molecule has 1 aromatic carbocycles. The van der Waals surface area contributed by atoms with Crippen molar-refractivity contribution in [1.82, 2.24) is 0 Å². The molecule has 0 saturated carbocycles. The van der Waals surface area contributed by atoms with Crippen molar-refractivity contribution in [1.29, 1.82) is 0 Å². The van der Waals surface area contributed by atoms with Crippen molar-refractivity contribution in [3.63, 3.8) is 0 Å². The largest absolute Gasteiger partial charge is 0.493 e. The van der Waals surface area contributed by atoms with E-state index in [-0.39, 0.29) is 0 Å². The fourth-order valence-corrected chi connectivity index (χ4v) is 3.63. The van der Waals surface area contributed by atoms with Gasteiger partial charge in [0.05, 0.1) is 13.4 Å². The number of hydrogen-bond acceptors (Lipinski definition) is 4. The fraction of sp³-hybridized carbons (Fsp3) is 0.200. The molecule has 2 rings (SSSR count). The van der Waals surface area contributed by atoms with E-state index in [4.69, 9.17) is 9.47 Å². The Bertz CT molecular complexity index is 363. The van der Waals surface area contributed by atoms with E-state index in [1.165, 1.54) is 16.1 Å². The van der Waals surface area contributed by atoms with Gasteiger partial charge in [0.2, 0.25) is 0 Å². The van der Waals surface area contributed by atoms with Crippen LogP contribution in [0.15, 0.2) is 34.8 Å². The molecule has 1 aliphatic heterocycles. The minimum Gasteiger partial charge on any atom is -0.493 e. The molecule has 0 unspecified atom stereocenters. The van der Waals surface area contributed by atoms with Crippen LogP contribution >= 0.6 is 23.5 Å². The van der Waals surface area contributed by atoms with Gasteiger partial charge in [0.15, 0.2) is 11.5 Å². The predicted molar refractivity (Wildman–Crippen MR) is 60.4 cm³/mol. The van der Waals surface area contributed by atoms with Crippen molar-refractivity contribution in [3.8, 4) is 11.5 Å². The van der Waals surface area contributed by atoms with Crippen molar-refractivity contribution >= 4 is 23.5 Å². The van der Waals surface area contributed by atoms with Crippen LogP contribution in [0, 0.1) is 0 Å². The number of ether oxygens (including phenoxy) is 2. The normalized spacial score (nSPS) is 13.5. The van der Waals surface area contributed by atoms with E-state index in [0.29, 0.717) is 0 Å². The summed E-state index contributed by atoms with van der Waals surface area (Å²) in [6.07, 6.45) is 1.41. The first-order valence-electron chi connectivity index (χ1n) is 4.10. The summed E-state index contributed by atoms with van der Waals surface area (Å²) in [6.45, 7) is 3.54. The highest BCUT2D eigenvalue weighted by atomic mass is 32.2. The van der Waals surface area contributed by atoms with E-state index in [1.807, 2.05) is 35.7 Å². The minimum atomic E-state index is 0.733. The molecule has 0 aliphatic carbocycles. The molecule has 4 heteroatoms. The average Bonchev–Trinajstić information content (AvgIpc) is 2.64. The van der Waals surface area contributed by atoms with Crippen LogP contribution in [-0.4, -0.2) is 12.2 Å². The zero-order chi connectivity index (χ0) is 9.97. The quantitative estimate of drug-likeness (QED) is 0.735. The van der Waals surface area contributed by atoms with Gasteiger partial charge in [-0.1, -0.05) is 6.58 Å². The van der Waals surface area contributed by atoms with Crippen molar-refractivity contribution in [2.24, 2.45) is 0 Å². The van der Waals surface area contributed by atoms with Crippen molar-refractivity contribution in [3.05, 3.63) is 25.0 Å². The fourth-order valence-electron chi connectivity index (χ4n) is 1.25. The number of rotatable bonds is 3. The van der Waals surface area contributed by atoms with Gasteiger partial charge in [-0.15, -0.1) is 23.5 Å². The van der Waals surface area contributed by atoms with Crippen molar-refractivity contribution < 1.29 is 9.47 Å². The molecule has 0 amide bonds. The molecule has 74 valence electrons. The average molecular weight is 226 g/mol. The molecule has 0 bridgehead atoms. The number of methoxy groups -OCH3 is 1. The van der Waals surface area contributed by atoms with Gasteiger partial charge in [-0.05, 0) is 12.1 Å². The van der Waals surface area contributed by atoms with Gasteiger partial charge in [0.1, 0.15) is 0 Å². The summed E-state index contributed by atoms with van der Waals surface area (Å²) in [6, 6.07) is 4.01. The lowest BCUT2D eigenvalue weighted by atomic mass is 10.3. The lowest BCUT2D eigenvalue weighted by Crippen LogP contribution is -1.89. The van der Waals surface area contributed by atoms with Crippen LogP contribution in [0.25, 0.3) is 0 Å². The maximum Gasteiger partial charge on any atom is 0.169 e. The topological polar surface area (TPSA) is 18.5 Å². The Balaban J connectivity index is 2.43. The van der Waals surface area contributed by atoms with Gasteiger partial charge in [0.25, 0.3) is 0 Å². The lowest BCUT2D eigenvalue weighted by Gasteiger charge is -2.08. The van der Waals surface area contributed by atoms with E-state index in [2.05, 4.69) is 6.58 Å². The number of thioether (sulfide) groups is 2. The standard InChI is InChI=1S/C10H10O2S2/c1-3-12-8-5-10-9(13-6-14-10)4-7(8)11-2/h3-5H,1,6H2,2H3. The van der Waals surface area contributed by atoms with E-state index in [9.17, 15) is 0 Å². The number of hydrogen-bond donors (Lipinski definition) is 0. The second-order valence-electron chi connectivity index (χ2n) is 2.64. The lowest BCUT2D eigenvalue weighted by molar-refractivity contribution is 0.376. The second-order valence-corrected chi connectivity index (χ2v) is 5.04. The highest BCUT2D eigenvalue weighted by Crippen LogP contribution is 2.46. The molecule has 1 aliphatic rings. The first-order chi connectivity index (χ1) is 6.85. The minimum absolute atomic E-state index is 0.733. The van der Waals surface area contributed by atoms with Crippen LogP contribution < -0.4 is 9.47 Å². The highest BCUT2D eigenvalue weighted by Gasteiger charge is 2.16. The molecule has 0 saturated heterocycles. The molecule has 0 aromatic heterocycles. The molecule has 0 spiro atoms. The summed E-state index contributed by atoms with van der Waals surface area (Å²) < 4.78 is 10.5. The molecule has 0 N–H and O–H groups in total. The van der Waals surface area contributed by atoms with Crippen LogP contribution in [0.3, 0.4) is 0 Å². The molecule has 0 fully saturated rings. The van der Waals surface area contributed by atoms with E-state index in [1.54, 1.807) is 7.11 Å². The summed E-state index contributed by atoms with van der Waals surface area (Å²) in [4.78, 5) is 2.52. The summed E-state index contributed by atoms with van der Waals surface area (Å²) in [7, 11) is 1.64. The molecule has 0 radical (unpaired) electrons. The predicted octanol–water partition coefficient (Wildman–Crippen LogP) is 3.37. The van der Waals surface area contributed by atoms with Gasteiger partial charge in [-0.2, -0.15) is 0 Å². The van der Waals surface area contributed by atoms with Crippen LogP contribution in [0.5, 0.6) is 11.5 Å². The third kappa shape index (κ3) is 1.72. The Morgan fingerprint density at radius 3 is 2.50 bits per heavy atom. The van der Waals surface area contributed by atoms with Gasteiger partial charge in [-0.25, -0.2) is 0 Å². The van der Waals surface area contributed by atoms with Gasteiger partial charge < -0.3 is 9.47 Å². The smallest absolute Gasteiger partial charge is 0.169 e. The Morgan fingerprint density at radius 1 is 1.29 bits per heavy atom. The third-order valence-corrected chi connectivity index (χ3v) is 4.24. The first kappa shape index (κ1) is 9.80. The Morgan fingerprint density at radius 2 is 1.93 bits per heavy atom. The third-order valence-electron chi connectivity index (χ3n) is 1.87. The molecular formula is C10H10O2S2. The van der Waals surface area contributed by atoms with E-state index < -0.39 is 0 Å². The Labute approximate surface area is 91.7 Å².